The summed E-state index contributed by atoms with van der Waals surface area (Å²) in [6, 6.07) is 33.7. The second-order valence-electron chi connectivity index (χ2n) is 18.6. The molecule has 5 aromatic carbocycles. The van der Waals surface area contributed by atoms with Gasteiger partial charge in [-0.1, -0.05) is 110 Å². The Morgan fingerprint density at radius 3 is 2.18 bits per heavy atom. The highest BCUT2D eigenvalue weighted by atomic mass is 32.1. The van der Waals surface area contributed by atoms with Crippen LogP contribution in [0.5, 0.6) is 0 Å². The monoisotopic (exact) mass is 684 g/mol. The first-order valence-corrected chi connectivity index (χ1v) is 20.0. The van der Waals surface area contributed by atoms with E-state index in [9.17, 15) is 0 Å². The zero-order chi connectivity index (χ0) is 35.4. The number of rotatable bonds is 1. The third-order valence-corrected chi connectivity index (χ3v) is 14.7. The molecular weight excluding hydrogens is 635 g/mol. The second-order valence-corrected chi connectivity index (χ2v) is 19.7. The predicted octanol–water partition coefficient (Wildman–Crippen LogP) is 11.3. The third-order valence-electron chi connectivity index (χ3n) is 13.5. The Labute approximate surface area is 308 Å². The van der Waals surface area contributed by atoms with Crippen molar-refractivity contribution >= 4 is 83.0 Å². The fourth-order valence-corrected chi connectivity index (χ4v) is 11.7. The lowest BCUT2D eigenvalue weighted by atomic mass is 9.33. The first-order chi connectivity index (χ1) is 24.2. The van der Waals surface area contributed by atoms with E-state index in [1.807, 2.05) is 11.3 Å². The number of aryl methyl sites for hydroxylation is 1. The maximum absolute atomic E-state index is 2.87. The summed E-state index contributed by atoms with van der Waals surface area (Å²) in [5.41, 5.74) is 17.2. The van der Waals surface area contributed by atoms with Gasteiger partial charge in [-0.2, -0.15) is 0 Å². The maximum atomic E-state index is 2.87. The lowest BCUT2D eigenvalue weighted by Crippen LogP contribution is -2.64. The van der Waals surface area contributed by atoms with E-state index >= 15 is 0 Å². The van der Waals surface area contributed by atoms with Gasteiger partial charge in [0.15, 0.2) is 0 Å². The predicted molar refractivity (Wildman–Crippen MR) is 224 cm³/mol. The smallest absolute Gasteiger partial charge is 0.252 e. The van der Waals surface area contributed by atoms with Crippen molar-refractivity contribution in [2.75, 3.05) is 9.80 Å². The number of hydrogen-bond donors (Lipinski definition) is 0. The summed E-state index contributed by atoms with van der Waals surface area (Å²) < 4.78 is 2.70. The molecule has 1 saturated carbocycles. The molecule has 2 atom stereocenters. The lowest BCUT2D eigenvalue weighted by molar-refractivity contribution is 0.195. The summed E-state index contributed by atoms with van der Waals surface area (Å²) in [5.74, 6) is 0. The van der Waals surface area contributed by atoms with Crippen molar-refractivity contribution in [2.45, 2.75) is 110 Å². The van der Waals surface area contributed by atoms with Crippen molar-refractivity contribution in [3.05, 3.63) is 107 Å². The van der Waals surface area contributed by atoms with E-state index < -0.39 is 0 Å². The van der Waals surface area contributed by atoms with Crippen LogP contribution < -0.4 is 26.2 Å². The van der Waals surface area contributed by atoms with Gasteiger partial charge < -0.3 is 9.80 Å². The van der Waals surface area contributed by atoms with Crippen LogP contribution in [0.3, 0.4) is 0 Å². The Morgan fingerprint density at radius 2 is 1.39 bits per heavy atom. The number of anilines is 5. The summed E-state index contributed by atoms with van der Waals surface area (Å²) in [6.07, 6.45) is 5.04. The molecule has 0 radical (unpaired) electrons. The third kappa shape index (κ3) is 4.06. The van der Waals surface area contributed by atoms with E-state index in [1.54, 1.807) is 5.56 Å². The van der Waals surface area contributed by atoms with Crippen molar-refractivity contribution < 1.29 is 0 Å². The molecule has 4 aliphatic rings. The number of fused-ring (bicyclic) bond motifs is 10. The van der Waals surface area contributed by atoms with Gasteiger partial charge in [-0.3, -0.25) is 0 Å². The molecule has 2 unspecified atom stereocenters. The second kappa shape index (κ2) is 10.1. The molecular formula is C47H49BN2S. The van der Waals surface area contributed by atoms with E-state index in [2.05, 4.69) is 157 Å². The van der Waals surface area contributed by atoms with E-state index in [0.717, 1.165) is 0 Å². The van der Waals surface area contributed by atoms with Crippen molar-refractivity contribution in [3.63, 3.8) is 0 Å². The van der Waals surface area contributed by atoms with Crippen LogP contribution in [0.2, 0.25) is 0 Å². The average molecular weight is 685 g/mol. The molecule has 3 aliphatic heterocycles. The molecule has 0 N–H and O–H groups in total. The molecule has 0 spiro atoms. The largest absolute Gasteiger partial charge is 0.335 e. The number of nitrogens with zero attached hydrogens (tertiary/aromatic N) is 2. The van der Waals surface area contributed by atoms with Crippen molar-refractivity contribution in [1.82, 2.24) is 0 Å². The Morgan fingerprint density at radius 1 is 0.667 bits per heavy atom. The molecule has 0 amide bonds. The van der Waals surface area contributed by atoms with E-state index in [4.69, 9.17) is 0 Å². The van der Waals surface area contributed by atoms with Gasteiger partial charge in [-0.25, -0.2) is 0 Å². The van der Waals surface area contributed by atoms with Gasteiger partial charge in [-0.05, 0) is 113 Å². The van der Waals surface area contributed by atoms with Crippen LogP contribution in [-0.2, 0) is 16.2 Å². The van der Waals surface area contributed by atoms with E-state index in [1.165, 1.54) is 107 Å². The van der Waals surface area contributed by atoms with Crippen LogP contribution in [-0.4, -0.2) is 12.3 Å². The highest BCUT2D eigenvalue weighted by molar-refractivity contribution is 7.26. The summed E-state index contributed by atoms with van der Waals surface area (Å²) in [5, 5.41) is 2.71. The quantitative estimate of drug-likeness (QED) is 0.159. The zero-order valence-corrected chi connectivity index (χ0v) is 32.6. The van der Waals surface area contributed by atoms with Gasteiger partial charge in [-0.15, -0.1) is 11.3 Å². The van der Waals surface area contributed by atoms with Gasteiger partial charge in [0.2, 0.25) is 0 Å². The minimum atomic E-state index is 0.0101. The van der Waals surface area contributed by atoms with E-state index in [0.29, 0.717) is 0 Å². The SMILES string of the molecule is Cc1cc2c3c(c1)N1c4c(cc(C(C)(C)C)cc4C4(C)CCCCC14C)B3c1ccc(C(C)(C)C)cc1N2c1cccc2sc3ccccc3c12. The standard InChI is InChI=1S/C47H49BN2S/c1-28-23-37-42-38(24-28)50-43-32(46(8)21-12-13-22-47(46,50)9)25-30(45(5,6)7)26-34(43)48(42)33-20-19-29(44(2,3)4)27-36(33)49(37)35-16-14-18-40-41(35)31-15-10-11-17-39(31)51-40/h10-11,14-20,23-27H,12-13,21-22H2,1-9H3. The van der Waals surface area contributed by atoms with Gasteiger partial charge >= 0.3 is 0 Å². The number of benzene rings is 5. The van der Waals surface area contributed by atoms with E-state index in [-0.39, 0.29) is 28.5 Å². The van der Waals surface area contributed by atoms with Gasteiger partial charge in [0, 0.05) is 48.3 Å². The first-order valence-electron chi connectivity index (χ1n) is 19.2. The fraction of sp³-hybridized carbons (Fsp3) is 0.362. The Balaban J connectivity index is 1.36. The normalized spacial score (nSPS) is 21.9. The number of hydrogen-bond acceptors (Lipinski definition) is 3. The summed E-state index contributed by atoms with van der Waals surface area (Å²) >= 11 is 1.91. The molecule has 1 aliphatic carbocycles. The van der Waals surface area contributed by atoms with Crippen LogP contribution in [0.25, 0.3) is 20.2 Å². The van der Waals surface area contributed by atoms with Crippen LogP contribution in [0.4, 0.5) is 28.4 Å². The first kappa shape index (κ1) is 31.7. The molecule has 10 rings (SSSR count). The maximum Gasteiger partial charge on any atom is 0.252 e. The molecule has 51 heavy (non-hydrogen) atoms. The molecule has 4 heteroatoms. The van der Waals surface area contributed by atoms with Crippen LogP contribution in [0.15, 0.2) is 84.9 Å². The summed E-state index contributed by atoms with van der Waals surface area (Å²) in [6.45, 7) is 22.0. The van der Waals surface area contributed by atoms with Gasteiger partial charge in [0.05, 0.1) is 11.2 Å². The van der Waals surface area contributed by atoms with Gasteiger partial charge in [0.1, 0.15) is 0 Å². The van der Waals surface area contributed by atoms with Crippen LogP contribution in [0.1, 0.15) is 103 Å². The zero-order valence-electron chi connectivity index (χ0n) is 31.8. The van der Waals surface area contributed by atoms with Crippen molar-refractivity contribution in [1.29, 1.82) is 0 Å². The minimum Gasteiger partial charge on any atom is -0.335 e. The van der Waals surface area contributed by atoms with Crippen molar-refractivity contribution in [3.8, 4) is 0 Å². The Bertz CT molecular complexity index is 2480. The van der Waals surface area contributed by atoms with Crippen LogP contribution >= 0.6 is 11.3 Å². The average Bonchev–Trinajstić information content (AvgIpc) is 3.56. The molecule has 0 saturated heterocycles. The Kier molecular flexibility index (Phi) is 6.28. The molecule has 2 nitrogen and oxygen atoms in total. The summed E-state index contributed by atoms with van der Waals surface area (Å²) in [4.78, 5) is 5.55. The molecule has 256 valence electrons. The minimum absolute atomic E-state index is 0.0101. The highest BCUT2D eigenvalue weighted by Crippen LogP contribution is 2.62. The highest BCUT2D eigenvalue weighted by Gasteiger charge is 2.61. The van der Waals surface area contributed by atoms with Gasteiger partial charge in [0.25, 0.3) is 6.71 Å². The fourth-order valence-electron chi connectivity index (χ4n) is 10.6. The molecule has 4 heterocycles. The molecule has 1 aromatic heterocycles. The van der Waals surface area contributed by atoms with Crippen LogP contribution in [0, 0.1) is 6.92 Å². The Hall–Kier alpha value is -4.02. The molecule has 1 fully saturated rings. The lowest BCUT2D eigenvalue weighted by Gasteiger charge is -2.53. The molecule has 0 bridgehead atoms. The molecule has 6 aromatic rings. The number of thiophene rings is 1. The summed E-state index contributed by atoms with van der Waals surface area (Å²) in [7, 11) is 0. The van der Waals surface area contributed by atoms with Crippen molar-refractivity contribution in [2.24, 2.45) is 0 Å². The topological polar surface area (TPSA) is 6.48 Å².